The Hall–Kier alpha value is -2.51. The van der Waals surface area contributed by atoms with E-state index in [9.17, 15) is 14.2 Å². The average molecular weight is 749 g/mol. The fourth-order valence-corrected chi connectivity index (χ4v) is 5.59. The van der Waals surface area contributed by atoms with Gasteiger partial charge in [0.1, 0.15) is 6.61 Å². The van der Waals surface area contributed by atoms with Gasteiger partial charge in [0.05, 0.1) is 6.61 Å². The molecule has 0 aromatic rings. The fraction of sp³-hybridized carbons (Fsp3) is 0.674. The Balaban J connectivity index is 4.05. The second-order valence-corrected chi connectivity index (χ2v) is 14.5. The highest BCUT2D eigenvalue weighted by Crippen LogP contribution is 2.36. The third-order valence-electron chi connectivity index (χ3n) is 8.21. The Labute approximate surface area is 317 Å². The molecule has 8 nitrogen and oxygen atoms in total. The molecule has 0 radical (unpaired) electrons. The second-order valence-electron chi connectivity index (χ2n) is 13.2. The molecule has 0 unspecified atom stereocenters. The van der Waals surface area contributed by atoms with E-state index in [1.807, 2.05) is 12.2 Å². The second kappa shape index (κ2) is 38.2. The van der Waals surface area contributed by atoms with Crippen molar-refractivity contribution in [3.05, 3.63) is 72.9 Å². The van der Waals surface area contributed by atoms with Crippen molar-refractivity contribution >= 4 is 19.8 Å². The quantitative estimate of drug-likeness (QED) is 0.0281. The highest BCUT2D eigenvalue weighted by Gasteiger charge is 2.22. The third kappa shape index (κ3) is 40.3. The number of unbranched alkanes of at least 4 members (excludes halogenated alkanes) is 14. The van der Waals surface area contributed by atoms with Crippen LogP contribution >= 0.6 is 7.82 Å². The topological polar surface area (TPSA) is 119 Å². The van der Waals surface area contributed by atoms with Crippen LogP contribution in [0.1, 0.15) is 168 Å². The lowest BCUT2D eigenvalue weighted by Gasteiger charge is -2.18. The minimum absolute atomic E-state index is 0.130. The van der Waals surface area contributed by atoms with Crippen LogP contribution in [0.5, 0.6) is 0 Å². The van der Waals surface area contributed by atoms with E-state index in [1.165, 1.54) is 64.2 Å². The van der Waals surface area contributed by atoms with Crippen molar-refractivity contribution in [2.45, 2.75) is 174 Å². The number of allylic oxidation sites excluding steroid dienone is 12. The minimum atomic E-state index is -4.77. The molecule has 0 saturated heterocycles. The van der Waals surface area contributed by atoms with Crippen LogP contribution in [0.15, 0.2) is 72.9 Å². The Morgan fingerprint density at radius 3 is 1.46 bits per heavy atom. The van der Waals surface area contributed by atoms with Crippen LogP contribution in [0.3, 0.4) is 0 Å². The highest BCUT2D eigenvalue weighted by atomic mass is 31.2. The zero-order valence-electron chi connectivity index (χ0n) is 32.7. The molecule has 0 rings (SSSR count). The Bertz CT molecular complexity index is 1070. The number of carbonyl (C=O) groups is 2. The molecule has 0 heterocycles. The fourth-order valence-electron chi connectivity index (χ4n) is 5.23. The summed E-state index contributed by atoms with van der Waals surface area (Å²) in [6.45, 7) is 3.51. The largest absolute Gasteiger partial charge is 0.469 e. The summed E-state index contributed by atoms with van der Waals surface area (Å²) < 4.78 is 26.3. The van der Waals surface area contributed by atoms with Gasteiger partial charge < -0.3 is 19.3 Å². The van der Waals surface area contributed by atoms with Crippen LogP contribution < -0.4 is 0 Å². The van der Waals surface area contributed by atoms with Crippen molar-refractivity contribution in [2.24, 2.45) is 0 Å². The van der Waals surface area contributed by atoms with Crippen LogP contribution in [0, 0.1) is 0 Å². The molecule has 0 aromatic carbocycles. The monoisotopic (exact) mass is 749 g/mol. The number of phosphoric ester groups is 1. The SMILES string of the molecule is CC/C=C\C/C=C\C/C=C\C/C=C\C/C=C\CCCC(=O)O[C@H](COC(=O)CCCCCCCCC/C=C\CCCCCCCC)COP(=O)(O)O. The summed E-state index contributed by atoms with van der Waals surface area (Å²) in [5.74, 6) is -0.963. The maximum atomic E-state index is 12.4. The van der Waals surface area contributed by atoms with Crippen molar-refractivity contribution in [2.75, 3.05) is 13.2 Å². The summed E-state index contributed by atoms with van der Waals surface area (Å²) in [4.78, 5) is 42.8. The first-order valence-corrected chi connectivity index (χ1v) is 21.8. The number of hydrogen-bond acceptors (Lipinski definition) is 6. The average Bonchev–Trinajstić information content (AvgIpc) is 3.11. The van der Waals surface area contributed by atoms with Crippen LogP contribution in [-0.4, -0.2) is 41.0 Å². The summed E-state index contributed by atoms with van der Waals surface area (Å²) >= 11 is 0. The molecule has 52 heavy (non-hydrogen) atoms. The first kappa shape index (κ1) is 49.5. The van der Waals surface area contributed by atoms with Gasteiger partial charge in [0.15, 0.2) is 6.10 Å². The van der Waals surface area contributed by atoms with E-state index >= 15 is 0 Å². The van der Waals surface area contributed by atoms with Crippen molar-refractivity contribution in [3.63, 3.8) is 0 Å². The number of phosphoric acid groups is 1. The van der Waals surface area contributed by atoms with E-state index in [0.29, 0.717) is 19.3 Å². The van der Waals surface area contributed by atoms with Gasteiger partial charge in [-0.05, 0) is 77.0 Å². The Kier molecular flexibility index (Phi) is 36.4. The molecular formula is C43H73O8P. The van der Waals surface area contributed by atoms with Crippen molar-refractivity contribution in [3.8, 4) is 0 Å². The lowest BCUT2D eigenvalue weighted by Crippen LogP contribution is -2.29. The van der Waals surface area contributed by atoms with Gasteiger partial charge in [-0.2, -0.15) is 0 Å². The molecule has 0 aliphatic heterocycles. The molecule has 0 aliphatic rings. The summed E-state index contributed by atoms with van der Waals surface area (Å²) in [7, 11) is -4.77. The van der Waals surface area contributed by atoms with E-state index in [-0.39, 0.29) is 19.4 Å². The smallest absolute Gasteiger partial charge is 0.462 e. The Morgan fingerprint density at radius 2 is 0.942 bits per heavy atom. The van der Waals surface area contributed by atoms with Gasteiger partial charge >= 0.3 is 19.8 Å². The normalized spacial score (nSPS) is 13.2. The number of ether oxygens (including phenoxy) is 2. The van der Waals surface area contributed by atoms with Crippen molar-refractivity contribution < 1.29 is 37.9 Å². The van der Waals surface area contributed by atoms with Gasteiger partial charge in [-0.25, -0.2) is 4.57 Å². The van der Waals surface area contributed by atoms with Gasteiger partial charge in [0, 0.05) is 12.8 Å². The lowest BCUT2D eigenvalue weighted by molar-refractivity contribution is -0.161. The van der Waals surface area contributed by atoms with Gasteiger partial charge in [-0.3, -0.25) is 14.1 Å². The predicted molar refractivity (Wildman–Crippen MR) is 216 cm³/mol. The molecular weight excluding hydrogens is 675 g/mol. The van der Waals surface area contributed by atoms with Gasteiger partial charge in [0.2, 0.25) is 0 Å². The lowest BCUT2D eigenvalue weighted by atomic mass is 10.1. The first-order valence-electron chi connectivity index (χ1n) is 20.2. The molecule has 0 aromatic heterocycles. The van der Waals surface area contributed by atoms with Crippen LogP contribution in [-0.2, 0) is 28.2 Å². The summed E-state index contributed by atoms with van der Waals surface area (Å²) in [5, 5.41) is 0. The zero-order valence-corrected chi connectivity index (χ0v) is 33.6. The number of rotatable bonds is 36. The summed E-state index contributed by atoms with van der Waals surface area (Å²) in [6, 6.07) is 0. The zero-order chi connectivity index (χ0) is 38.2. The van der Waals surface area contributed by atoms with E-state index in [4.69, 9.17) is 19.3 Å². The molecule has 0 fully saturated rings. The first-order chi connectivity index (χ1) is 25.3. The molecule has 298 valence electrons. The molecule has 9 heteroatoms. The standard InChI is InChI=1S/C43H73O8P/c1-3-5-7-9-11-13-15-17-19-21-23-25-27-29-31-33-35-37-42(44)49-39-41(40-50-52(46,47)48)51-43(45)38-36-34-32-30-28-26-24-22-20-18-16-14-12-10-8-6-4-2/h6,8,12,14,17-20,24,26,30,32,41H,3-5,7,9-11,13,15-16,21-23,25,27-29,31,33-40H2,1-2H3,(H2,46,47,48)/b8-6-,14-12-,19-17-,20-18-,26-24-,32-30-/t41-/m1/s1. The van der Waals surface area contributed by atoms with Crippen molar-refractivity contribution in [1.82, 2.24) is 0 Å². The minimum Gasteiger partial charge on any atom is -0.462 e. The van der Waals surface area contributed by atoms with Gasteiger partial charge in [0.25, 0.3) is 0 Å². The molecule has 2 N–H and O–H groups in total. The van der Waals surface area contributed by atoms with E-state index in [1.54, 1.807) is 0 Å². The maximum absolute atomic E-state index is 12.4. The molecule has 0 amide bonds. The van der Waals surface area contributed by atoms with E-state index in [0.717, 1.165) is 57.8 Å². The molecule has 0 saturated carbocycles. The predicted octanol–water partition coefficient (Wildman–Crippen LogP) is 12.3. The maximum Gasteiger partial charge on any atom is 0.469 e. The molecule has 0 aliphatic carbocycles. The van der Waals surface area contributed by atoms with E-state index in [2.05, 4.69) is 79.1 Å². The van der Waals surface area contributed by atoms with E-state index < -0.39 is 32.5 Å². The number of hydrogen-bond donors (Lipinski definition) is 2. The third-order valence-corrected chi connectivity index (χ3v) is 8.69. The molecule has 0 spiro atoms. The van der Waals surface area contributed by atoms with Gasteiger partial charge in [-0.15, -0.1) is 0 Å². The molecule has 0 bridgehead atoms. The Morgan fingerprint density at radius 1 is 0.519 bits per heavy atom. The van der Waals surface area contributed by atoms with Gasteiger partial charge in [-0.1, -0.05) is 151 Å². The summed E-state index contributed by atoms with van der Waals surface area (Å²) in [6.07, 6.45) is 49.1. The van der Waals surface area contributed by atoms with Crippen LogP contribution in [0.4, 0.5) is 0 Å². The highest BCUT2D eigenvalue weighted by molar-refractivity contribution is 7.46. The summed E-state index contributed by atoms with van der Waals surface area (Å²) in [5.41, 5.74) is 0. The van der Waals surface area contributed by atoms with Crippen molar-refractivity contribution in [1.29, 1.82) is 0 Å². The number of esters is 2. The van der Waals surface area contributed by atoms with Crippen LogP contribution in [0.25, 0.3) is 0 Å². The molecule has 1 atom stereocenters. The number of carbonyl (C=O) groups excluding carboxylic acids is 2. The van der Waals surface area contributed by atoms with Crippen LogP contribution in [0.2, 0.25) is 0 Å².